The molecule has 5 nitrogen and oxygen atoms in total. The minimum atomic E-state index is -0.963. The number of hydrogen-bond acceptors (Lipinski definition) is 4. The Labute approximate surface area is 131 Å². The minimum absolute atomic E-state index is 0.225. The summed E-state index contributed by atoms with van der Waals surface area (Å²) in [4.78, 5) is 17.7. The molecule has 1 aromatic carbocycles. The van der Waals surface area contributed by atoms with E-state index in [0.717, 1.165) is 21.9 Å². The summed E-state index contributed by atoms with van der Waals surface area (Å²) in [6.07, 6.45) is 0. The minimum Gasteiger partial charge on any atom is -0.494 e. The highest BCUT2D eigenvalue weighted by Gasteiger charge is 2.22. The molecule has 0 aliphatic rings. The van der Waals surface area contributed by atoms with Gasteiger partial charge in [0, 0.05) is 4.88 Å². The van der Waals surface area contributed by atoms with Crippen LogP contribution in [0.25, 0.3) is 16.2 Å². The maximum atomic E-state index is 11.6. The molecule has 0 atom stereocenters. The molecule has 0 bridgehead atoms. The number of nitrogens with zero attached hydrogens (tertiary/aromatic N) is 2. The molecule has 0 spiro atoms. The second-order valence-corrected chi connectivity index (χ2v) is 6.11. The van der Waals surface area contributed by atoms with Gasteiger partial charge in [-0.25, -0.2) is 9.78 Å². The number of aromatic nitrogens is 2. The van der Waals surface area contributed by atoms with E-state index < -0.39 is 5.97 Å². The van der Waals surface area contributed by atoms with Gasteiger partial charge in [-0.15, -0.1) is 11.3 Å². The molecular formula is C16H16N2O3S. The lowest BCUT2D eigenvalue weighted by molar-refractivity contribution is 0.0688. The number of benzene rings is 1. The summed E-state index contributed by atoms with van der Waals surface area (Å²) in [6, 6.07) is 7.68. The zero-order valence-corrected chi connectivity index (χ0v) is 13.4. The maximum absolute atomic E-state index is 11.6. The van der Waals surface area contributed by atoms with Gasteiger partial charge in [-0.2, -0.15) is 0 Å². The first kappa shape index (κ1) is 14.6. The Kier molecular flexibility index (Phi) is 3.62. The van der Waals surface area contributed by atoms with Crippen LogP contribution in [0.5, 0.6) is 5.75 Å². The quantitative estimate of drug-likeness (QED) is 0.795. The molecule has 0 saturated heterocycles. The number of imidazole rings is 1. The number of hydrogen-bond donors (Lipinski definition) is 1. The van der Waals surface area contributed by atoms with Crippen molar-refractivity contribution in [1.82, 2.24) is 9.38 Å². The van der Waals surface area contributed by atoms with Gasteiger partial charge in [0.2, 0.25) is 0 Å². The molecule has 0 fully saturated rings. The van der Waals surface area contributed by atoms with Crippen LogP contribution in [-0.4, -0.2) is 27.1 Å². The third-order valence-electron chi connectivity index (χ3n) is 3.46. The van der Waals surface area contributed by atoms with Gasteiger partial charge in [0.1, 0.15) is 5.75 Å². The molecule has 0 radical (unpaired) electrons. The summed E-state index contributed by atoms with van der Waals surface area (Å²) in [5.41, 5.74) is 2.59. The van der Waals surface area contributed by atoms with Crippen molar-refractivity contribution in [1.29, 1.82) is 0 Å². The molecule has 0 unspecified atom stereocenters. The first-order chi connectivity index (χ1) is 10.5. The molecule has 114 valence electrons. The summed E-state index contributed by atoms with van der Waals surface area (Å²) in [7, 11) is 0. The first-order valence-corrected chi connectivity index (χ1v) is 7.79. The van der Waals surface area contributed by atoms with Crippen LogP contribution < -0.4 is 4.74 Å². The number of carboxylic acid groups (broad SMARTS) is 1. The third kappa shape index (κ3) is 2.25. The van der Waals surface area contributed by atoms with Gasteiger partial charge >= 0.3 is 5.97 Å². The highest BCUT2D eigenvalue weighted by molar-refractivity contribution is 7.17. The number of aryl methyl sites for hydroxylation is 2. The van der Waals surface area contributed by atoms with Crippen LogP contribution in [0.4, 0.5) is 0 Å². The predicted octanol–water partition coefficient (Wildman–Crippen LogP) is 3.78. The predicted molar refractivity (Wildman–Crippen MR) is 86.1 cm³/mol. The van der Waals surface area contributed by atoms with Gasteiger partial charge in [-0.05, 0) is 50.6 Å². The molecule has 3 rings (SSSR count). The van der Waals surface area contributed by atoms with Crippen molar-refractivity contribution in [2.45, 2.75) is 20.8 Å². The van der Waals surface area contributed by atoms with E-state index in [1.807, 2.05) is 38.1 Å². The number of rotatable bonds is 4. The molecular weight excluding hydrogens is 300 g/mol. The van der Waals surface area contributed by atoms with Gasteiger partial charge in [0.15, 0.2) is 10.7 Å². The van der Waals surface area contributed by atoms with Gasteiger partial charge in [0.25, 0.3) is 0 Å². The summed E-state index contributed by atoms with van der Waals surface area (Å²) >= 11 is 1.50. The fourth-order valence-electron chi connectivity index (χ4n) is 2.58. The molecule has 0 aliphatic carbocycles. The lowest BCUT2D eigenvalue weighted by Crippen LogP contribution is -2.04. The maximum Gasteiger partial charge on any atom is 0.354 e. The lowest BCUT2D eigenvalue weighted by atomic mass is 10.1. The third-order valence-corrected chi connectivity index (χ3v) is 4.42. The molecule has 22 heavy (non-hydrogen) atoms. The molecule has 1 N–H and O–H groups in total. The Morgan fingerprint density at radius 3 is 2.59 bits per heavy atom. The highest BCUT2D eigenvalue weighted by atomic mass is 32.1. The fraction of sp³-hybridized carbons (Fsp3) is 0.250. The van der Waals surface area contributed by atoms with Crippen LogP contribution in [0.15, 0.2) is 24.3 Å². The summed E-state index contributed by atoms with van der Waals surface area (Å²) in [5, 5.41) is 9.47. The molecule has 0 amide bonds. The topological polar surface area (TPSA) is 63.8 Å². The van der Waals surface area contributed by atoms with E-state index in [4.69, 9.17) is 4.74 Å². The molecule has 3 aromatic rings. The first-order valence-electron chi connectivity index (χ1n) is 6.98. The van der Waals surface area contributed by atoms with Gasteiger partial charge in [-0.3, -0.25) is 4.40 Å². The van der Waals surface area contributed by atoms with Crippen LogP contribution in [0.2, 0.25) is 0 Å². The van der Waals surface area contributed by atoms with Crippen molar-refractivity contribution in [3.8, 4) is 17.0 Å². The van der Waals surface area contributed by atoms with Gasteiger partial charge < -0.3 is 9.84 Å². The van der Waals surface area contributed by atoms with E-state index in [-0.39, 0.29) is 5.69 Å². The van der Waals surface area contributed by atoms with E-state index in [9.17, 15) is 9.90 Å². The van der Waals surface area contributed by atoms with Crippen LogP contribution in [0.1, 0.15) is 28.0 Å². The Hall–Kier alpha value is -2.34. The van der Waals surface area contributed by atoms with E-state index in [1.165, 1.54) is 11.3 Å². The Morgan fingerprint density at radius 1 is 1.32 bits per heavy atom. The van der Waals surface area contributed by atoms with Crippen molar-refractivity contribution >= 4 is 22.3 Å². The number of ether oxygens (including phenoxy) is 1. The largest absolute Gasteiger partial charge is 0.494 e. The average molecular weight is 316 g/mol. The fourth-order valence-corrected chi connectivity index (χ4v) is 3.62. The number of carboxylic acids is 1. The van der Waals surface area contributed by atoms with Crippen molar-refractivity contribution in [2.24, 2.45) is 0 Å². The molecule has 2 aromatic heterocycles. The normalized spacial score (nSPS) is 11.0. The SMILES string of the molecule is CCOc1ccc(-c2c(C)sc3nc(C)c(C(=O)O)n23)cc1. The molecule has 0 saturated carbocycles. The van der Waals surface area contributed by atoms with Crippen LogP contribution in [0, 0.1) is 13.8 Å². The van der Waals surface area contributed by atoms with E-state index in [2.05, 4.69) is 4.98 Å². The summed E-state index contributed by atoms with van der Waals surface area (Å²) < 4.78 is 7.18. The van der Waals surface area contributed by atoms with Crippen molar-refractivity contribution < 1.29 is 14.6 Å². The number of thiazole rings is 1. The monoisotopic (exact) mass is 316 g/mol. The summed E-state index contributed by atoms with van der Waals surface area (Å²) in [5.74, 6) is -0.161. The average Bonchev–Trinajstić information content (AvgIpc) is 2.93. The zero-order valence-electron chi connectivity index (χ0n) is 12.6. The Balaban J connectivity index is 2.21. The summed E-state index contributed by atoms with van der Waals surface area (Å²) in [6.45, 7) is 6.26. The van der Waals surface area contributed by atoms with E-state index in [1.54, 1.807) is 11.3 Å². The Bertz CT molecular complexity index is 847. The van der Waals surface area contributed by atoms with Crippen LogP contribution in [-0.2, 0) is 0 Å². The number of fused-ring (bicyclic) bond motifs is 1. The van der Waals surface area contributed by atoms with E-state index >= 15 is 0 Å². The highest BCUT2D eigenvalue weighted by Crippen LogP contribution is 2.34. The number of carbonyl (C=O) groups is 1. The van der Waals surface area contributed by atoms with Gasteiger partial charge in [-0.1, -0.05) is 0 Å². The second-order valence-electron chi connectivity index (χ2n) is 4.93. The van der Waals surface area contributed by atoms with Crippen LogP contribution in [0.3, 0.4) is 0 Å². The Morgan fingerprint density at radius 2 is 2.00 bits per heavy atom. The standard InChI is InChI=1S/C16H16N2O3S/c1-4-21-12-7-5-11(6-8-12)14-10(3)22-16-17-9(2)13(15(19)20)18(14)16/h5-8H,4H2,1-3H3,(H,19,20). The second kappa shape index (κ2) is 5.46. The van der Waals surface area contributed by atoms with Crippen LogP contribution >= 0.6 is 11.3 Å². The van der Waals surface area contributed by atoms with Crippen molar-refractivity contribution in [3.63, 3.8) is 0 Å². The number of aromatic carboxylic acids is 1. The van der Waals surface area contributed by atoms with E-state index in [0.29, 0.717) is 17.3 Å². The lowest BCUT2D eigenvalue weighted by Gasteiger charge is -2.07. The van der Waals surface area contributed by atoms with Crippen molar-refractivity contribution in [3.05, 3.63) is 40.5 Å². The molecule has 0 aliphatic heterocycles. The molecule has 2 heterocycles. The smallest absolute Gasteiger partial charge is 0.354 e. The molecule has 6 heteroatoms. The zero-order chi connectivity index (χ0) is 15.9. The van der Waals surface area contributed by atoms with Gasteiger partial charge in [0.05, 0.1) is 18.0 Å². The van der Waals surface area contributed by atoms with Crippen molar-refractivity contribution in [2.75, 3.05) is 6.61 Å².